The van der Waals surface area contributed by atoms with Crippen LogP contribution in [0, 0.1) is 0 Å². The second-order valence-electron chi connectivity index (χ2n) is 5.89. The molecule has 14 nitrogen and oxygen atoms in total. The molecule has 0 aromatic carbocycles. The molecule has 194 valence electrons. The van der Waals surface area contributed by atoms with Crippen LogP contribution in [0.25, 0.3) is 0 Å². The second-order valence-corrected chi connectivity index (χ2v) is 7.56. The lowest BCUT2D eigenvalue weighted by molar-refractivity contribution is -0.105. The first kappa shape index (κ1) is 31.2. The Kier molecular flexibility index (Phi) is 16.6. The van der Waals surface area contributed by atoms with Crippen molar-refractivity contribution in [3.63, 3.8) is 0 Å². The molecule has 2 N–H and O–H groups in total. The average molecular weight is 508 g/mol. The van der Waals surface area contributed by atoms with Crippen molar-refractivity contribution in [1.82, 2.24) is 0 Å². The van der Waals surface area contributed by atoms with Crippen molar-refractivity contribution in [2.45, 2.75) is 18.6 Å². The van der Waals surface area contributed by atoms with Crippen molar-refractivity contribution in [3.05, 3.63) is 12.2 Å². The molecule has 0 aliphatic rings. The number of phosphoric ester groups is 1. The number of halogens is 1. The van der Waals surface area contributed by atoms with Gasteiger partial charge in [0.15, 0.2) is 0 Å². The zero-order chi connectivity index (χ0) is 25.2. The van der Waals surface area contributed by atoms with Gasteiger partial charge in [-0.15, -0.1) is 0 Å². The minimum Gasteiger partial charge on any atom is -0.432 e. The van der Waals surface area contributed by atoms with Gasteiger partial charge in [-0.25, -0.2) is 27.6 Å². The zero-order valence-electron chi connectivity index (χ0n) is 18.5. The van der Waals surface area contributed by atoms with Crippen LogP contribution in [0.1, 0.15) is 6.92 Å². The molecule has 0 radical (unpaired) electrons. The number of methoxy groups -OCH3 is 2. The molecule has 0 rings (SSSR count). The molecular weight excluding hydrogens is 478 g/mol. The van der Waals surface area contributed by atoms with E-state index in [9.17, 15) is 28.8 Å². The molecule has 0 aromatic heterocycles. The third-order valence-corrected chi connectivity index (χ3v) is 4.71. The van der Waals surface area contributed by atoms with Gasteiger partial charge in [0.05, 0.1) is 19.8 Å². The summed E-state index contributed by atoms with van der Waals surface area (Å²) in [5, 5.41) is 20.0. The summed E-state index contributed by atoms with van der Waals surface area (Å²) in [6, 6.07) is 0. The second kappa shape index (κ2) is 17.6. The Labute approximate surface area is 190 Å². The number of aliphatic hydroxyl groups excluding tert-OH is 1. The molecule has 0 spiro atoms. The number of phosphoric acid groups is 1. The predicted octanol–water partition coefficient (Wildman–Crippen LogP) is 1.30. The minimum atomic E-state index is -4.74. The maximum absolute atomic E-state index is 13.3. The number of carbonyl (C=O) groups excluding carboxylic acids is 2. The lowest BCUT2D eigenvalue weighted by Crippen LogP contribution is -2.47. The first-order valence-corrected chi connectivity index (χ1v) is 10.8. The highest BCUT2D eigenvalue weighted by molar-refractivity contribution is 7.48. The zero-order valence-corrected chi connectivity index (χ0v) is 19.4. The monoisotopic (exact) mass is 508 g/mol. The van der Waals surface area contributed by atoms with E-state index >= 15 is 0 Å². The molecule has 0 fully saturated rings. The third kappa shape index (κ3) is 14.1. The average Bonchev–Trinajstić information content (AvgIpc) is 2.78. The highest BCUT2D eigenvalue weighted by Gasteiger charge is 2.39. The molecular formula is C17H30FO14P. The normalized spacial score (nSPS) is 14.5. The van der Waals surface area contributed by atoms with E-state index in [1.165, 1.54) is 27.2 Å². The van der Waals surface area contributed by atoms with Crippen molar-refractivity contribution in [3.8, 4) is 0 Å². The van der Waals surface area contributed by atoms with E-state index in [0.717, 1.165) is 6.08 Å². The summed E-state index contributed by atoms with van der Waals surface area (Å²) in [6.07, 6.45) is -1.75. The summed E-state index contributed by atoms with van der Waals surface area (Å²) in [5.41, 5.74) is -2.52. The van der Waals surface area contributed by atoms with E-state index in [1.54, 1.807) is 0 Å². The Balaban J connectivity index is 4.96. The van der Waals surface area contributed by atoms with Gasteiger partial charge in [-0.3, -0.25) is 4.52 Å². The SMILES string of the molecule is CC=C[C@H](O)[C@@](O)(CF)COP(=O)(OCOC(=O)OCCOC)OCOC(=O)OCCOC. The summed E-state index contributed by atoms with van der Waals surface area (Å²) in [4.78, 5) is 22.8. The standard InChI is InChI=1S/C17H30FO14P/c1-4-5-14(19)17(22,10-18)11-30-33(23,31-12-28-15(20)26-8-6-24-2)32-13-29-16(21)27-9-7-25-3/h4-5,14,19,22H,6-13H2,1-3H3/t14-,17+/m0/s1. The molecule has 0 aliphatic heterocycles. The molecule has 0 bridgehead atoms. The predicted molar refractivity (Wildman–Crippen MR) is 106 cm³/mol. The summed E-state index contributed by atoms with van der Waals surface area (Å²) in [6.45, 7) is -3.20. The molecule has 2 atom stereocenters. The maximum Gasteiger partial charge on any atom is 0.510 e. The molecule has 0 saturated heterocycles. The smallest absolute Gasteiger partial charge is 0.432 e. The van der Waals surface area contributed by atoms with Gasteiger partial charge in [0.2, 0.25) is 13.6 Å². The maximum atomic E-state index is 13.3. The Hall–Kier alpha value is -1.84. The molecule has 16 heteroatoms. The molecule has 0 saturated carbocycles. The number of hydrogen-bond donors (Lipinski definition) is 2. The number of allylic oxidation sites excluding steroid dienone is 1. The van der Waals surface area contributed by atoms with Crippen molar-refractivity contribution in [1.29, 1.82) is 0 Å². The topological polar surface area (TPSA) is 175 Å². The third-order valence-electron chi connectivity index (χ3n) is 3.42. The highest BCUT2D eigenvalue weighted by Crippen LogP contribution is 2.50. The van der Waals surface area contributed by atoms with E-state index in [-0.39, 0.29) is 26.4 Å². The first-order chi connectivity index (χ1) is 15.7. The van der Waals surface area contributed by atoms with Gasteiger partial charge >= 0.3 is 20.1 Å². The first-order valence-electron chi connectivity index (χ1n) is 9.36. The minimum absolute atomic E-state index is 0.0921. The van der Waals surface area contributed by atoms with Crippen LogP contribution < -0.4 is 0 Å². The highest BCUT2D eigenvalue weighted by atomic mass is 31.2. The Morgan fingerprint density at radius 2 is 1.42 bits per heavy atom. The lowest BCUT2D eigenvalue weighted by Gasteiger charge is -2.29. The van der Waals surface area contributed by atoms with Crippen LogP contribution >= 0.6 is 7.82 Å². The van der Waals surface area contributed by atoms with E-state index in [1.807, 2.05) is 0 Å². The van der Waals surface area contributed by atoms with Gasteiger partial charge in [-0.2, -0.15) is 0 Å². The summed E-state index contributed by atoms with van der Waals surface area (Å²) in [7, 11) is -1.98. The fourth-order valence-electron chi connectivity index (χ4n) is 1.65. The number of hydrogen-bond acceptors (Lipinski definition) is 14. The van der Waals surface area contributed by atoms with Gasteiger partial charge in [-0.05, 0) is 6.92 Å². The van der Waals surface area contributed by atoms with Crippen LogP contribution in [0.4, 0.5) is 14.0 Å². The Bertz CT molecular complexity index is 601. The number of aliphatic hydroxyl groups is 2. The summed E-state index contributed by atoms with van der Waals surface area (Å²) in [5.74, 6) is 0. The van der Waals surface area contributed by atoms with E-state index in [2.05, 4.69) is 28.4 Å². The van der Waals surface area contributed by atoms with Crippen LogP contribution in [-0.4, -0.2) is 102 Å². The van der Waals surface area contributed by atoms with E-state index in [0.29, 0.717) is 0 Å². The molecule has 0 aromatic rings. The van der Waals surface area contributed by atoms with Gasteiger partial charge < -0.3 is 38.6 Å². The van der Waals surface area contributed by atoms with E-state index < -0.39 is 58.7 Å². The fourth-order valence-corrected chi connectivity index (χ4v) is 2.61. The van der Waals surface area contributed by atoms with Gasteiger partial charge in [-0.1, -0.05) is 12.2 Å². The van der Waals surface area contributed by atoms with Crippen molar-refractivity contribution in [2.75, 3.05) is 67.5 Å². The molecule has 33 heavy (non-hydrogen) atoms. The molecule has 0 heterocycles. The molecule has 0 amide bonds. The number of alkyl halides is 1. The Morgan fingerprint density at radius 1 is 0.939 bits per heavy atom. The van der Waals surface area contributed by atoms with Gasteiger partial charge in [0.25, 0.3) is 0 Å². The quantitative estimate of drug-likeness (QED) is 0.0890. The van der Waals surface area contributed by atoms with E-state index in [4.69, 9.17) is 13.6 Å². The summed E-state index contributed by atoms with van der Waals surface area (Å²) >= 11 is 0. The van der Waals surface area contributed by atoms with Crippen LogP contribution in [0.3, 0.4) is 0 Å². The van der Waals surface area contributed by atoms with Crippen LogP contribution in [0.5, 0.6) is 0 Å². The molecule has 0 aliphatic carbocycles. The van der Waals surface area contributed by atoms with Crippen LogP contribution in [0.2, 0.25) is 0 Å². The number of rotatable bonds is 18. The Morgan fingerprint density at radius 3 is 1.82 bits per heavy atom. The number of carbonyl (C=O) groups is 2. The number of ether oxygens (including phenoxy) is 6. The molecule has 0 unspecified atom stereocenters. The van der Waals surface area contributed by atoms with Crippen molar-refractivity contribution < 1.29 is 70.8 Å². The van der Waals surface area contributed by atoms with Gasteiger partial charge in [0.1, 0.15) is 31.6 Å². The van der Waals surface area contributed by atoms with Crippen molar-refractivity contribution >= 4 is 20.1 Å². The van der Waals surface area contributed by atoms with Crippen molar-refractivity contribution in [2.24, 2.45) is 0 Å². The lowest BCUT2D eigenvalue weighted by atomic mass is 9.99. The fraction of sp³-hybridized carbons (Fsp3) is 0.765. The van der Waals surface area contributed by atoms with Gasteiger partial charge in [0, 0.05) is 14.2 Å². The summed E-state index contributed by atoms with van der Waals surface area (Å²) < 4.78 is 67.9. The van der Waals surface area contributed by atoms with Crippen LogP contribution in [0.15, 0.2) is 12.2 Å². The van der Waals surface area contributed by atoms with Crippen LogP contribution in [-0.2, 0) is 46.6 Å². The largest absolute Gasteiger partial charge is 0.510 e.